The molecule has 0 aliphatic rings. The van der Waals surface area contributed by atoms with Crippen molar-refractivity contribution in [3.8, 4) is 0 Å². The van der Waals surface area contributed by atoms with E-state index in [9.17, 15) is 0 Å². The summed E-state index contributed by atoms with van der Waals surface area (Å²) in [6.45, 7) is 2.20. The normalized spacial score (nSPS) is 7.50. The molecule has 0 atom stereocenters. The summed E-state index contributed by atoms with van der Waals surface area (Å²) in [5, 5.41) is 27.5. The van der Waals surface area contributed by atoms with E-state index in [0.717, 1.165) is 27.8 Å². The molecule has 0 fully saturated rings. The van der Waals surface area contributed by atoms with E-state index in [-0.39, 0.29) is 21.7 Å². The van der Waals surface area contributed by atoms with Crippen molar-refractivity contribution in [2.24, 2.45) is 0 Å². The van der Waals surface area contributed by atoms with E-state index in [1.54, 1.807) is 0 Å². The van der Waals surface area contributed by atoms with Gasteiger partial charge in [-0.1, -0.05) is 18.6 Å². The van der Waals surface area contributed by atoms with Crippen molar-refractivity contribution in [3.05, 3.63) is 42.0 Å². The number of hydrogen-bond donors (Lipinski definition) is 0. The third-order valence-electron chi connectivity index (χ3n) is 2.15. The van der Waals surface area contributed by atoms with Gasteiger partial charge >= 0.3 is 21.7 Å². The van der Waals surface area contributed by atoms with Gasteiger partial charge in [-0.15, -0.1) is 29.0 Å². The fourth-order valence-electron chi connectivity index (χ4n) is 1.54. The van der Waals surface area contributed by atoms with Crippen LogP contribution in [0.4, 0.5) is 0 Å². The van der Waals surface area contributed by atoms with Gasteiger partial charge in [0.1, 0.15) is 0 Å². The molecule has 0 aliphatic carbocycles. The van der Waals surface area contributed by atoms with Crippen molar-refractivity contribution >= 4 is 10.8 Å². The second-order valence-electron chi connectivity index (χ2n) is 2.80. The van der Waals surface area contributed by atoms with Gasteiger partial charge in [-0.2, -0.15) is 33.5 Å². The smallest absolute Gasteiger partial charge is 0.857 e. The largest absolute Gasteiger partial charge is 4.00 e. The minimum absolute atomic E-state index is 0. The van der Waals surface area contributed by atoms with E-state index in [4.69, 9.17) is 15.3 Å². The van der Waals surface area contributed by atoms with Gasteiger partial charge in [-0.05, 0) is 6.42 Å². The van der Waals surface area contributed by atoms with Crippen molar-refractivity contribution in [2.45, 2.75) is 13.3 Å². The Kier molecular flexibility index (Phi) is 20.6. The van der Waals surface area contributed by atoms with Crippen LogP contribution in [0, 0.1) is 0 Å². The predicted octanol–water partition coefficient (Wildman–Crippen LogP) is 0.0481. The van der Waals surface area contributed by atoms with Crippen molar-refractivity contribution in [2.75, 3.05) is 21.3 Å². The summed E-state index contributed by atoms with van der Waals surface area (Å²) in [4.78, 5) is 0. The Hall–Kier alpha value is -0.576. The number of rotatable bonds is 1. The first-order chi connectivity index (χ1) is 8.42. The molecular weight excluding hydrogens is 264 g/mol. The molecule has 0 radical (unpaired) electrons. The van der Waals surface area contributed by atoms with Gasteiger partial charge < -0.3 is 15.3 Å². The second kappa shape index (κ2) is 16.4. The molecule has 0 amide bonds. The molecule has 0 aliphatic heterocycles. The van der Waals surface area contributed by atoms with Crippen LogP contribution < -0.4 is 15.3 Å². The predicted molar refractivity (Wildman–Crippen MR) is 66.7 cm³/mol. The summed E-state index contributed by atoms with van der Waals surface area (Å²) in [5.41, 5.74) is 1.45. The topological polar surface area (TPSA) is 69.2 Å². The standard InChI is InChI=1S/C11H11.3CH3O.Ti/c1-2-9-5-3-6-10-7-4-8-11(9)10;3*1-2;/h3-8H,2H2,1H3;3*1H3;/q4*-1;+4. The molecule has 2 aromatic carbocycles. The van der Waals surface area contributed by atoms with Crippen molar-refractivity contribution in [3.63, 3.8) is 0 Å². The molecule has 0 spiro atoms. The van der Waals surface area contributed by atoms with Gasteiger partial charge in [0.25, 0.3) is 0 Å². The van der Waals surface area contributed by atoms with Crippen LogP contribution in [-0.2, 0) is 28.1 Å². The van der Waals surface area contributed by atoms with Crippen molar-refractivity contribution in [1.29, 1.82) is 0 Å². The molecule has 18 heavy (non-hydrogen) atoms. The van der Waals surface area contributed by atoms with Crippen LogP contribution in [0.2, 0.25) is 0 Å². The maximum Gasteiger partial charge on any atom is 4.00 e. The van der Waals surface area contributed by atoms with Crippen LogP contribution in [0.25, 0.3) is 10.8 Å². The van der Waals surface area contributed by atoms with Crippen LogP contribution in [0.5, 0.6) is 0 Å². The van der Waals surface area contributed by atoms with Crippen molar-refractivity contribution in [1.82, 2.24) is 0 Å². The van der Waals surface area contributed by atoms with Crippen LogP contribution >= 0.6 is 0 Å². The molecular formula is C14H20O3Ti. The van der Waals surface area contributed by atoms with Gasteiger partial charge in [0.05, 0.1) is 0 Å². The zero-order chi connectivity index (χ0) is 13.7. The molecule has 0 bridgehead atoms. The quantitative estimate of drug-likeness (QED) is 0.549. The van der Waals surface area contributed by atoms with E-state index in [1.807, 2.05) is 0 Å². The van der Waals surface area contributed by atoms with Gasteiger partial charge in [0, 0.05) is 0 Å². The fourth-order valence-corrected chi connectivity index (χ4v) is 1.54. The summed E-state index contributed by atoms with van der Waals surface area (Å²) in [6, 6.07) is 12.9. The minimum Gasteiger partial charge on any atom is -0.857 e. The fraction of sp³-hybridized carbons (Fsp3) is 0.357. The average Bonchev–Trinajstić information content (AvgIpc) is 2.93. The Balaban J connectivity index is -0.000000285. The Bertz CT molecular complexity index is 372. The van der Waals surface area contributed by atoms with E-state index >= 15 is 0 Å². The second-order valence-corrected chi connectivity index (χ2v) is 2.80. The summed E-state index contributed by atoms with van der Waals surface area (Å²) in [5.74, 6) is 0. The SMILES string of the molecule is CCc1cccc2[cH-]ccc12.C[O-].C[O-].C[O-].[Ti+4]. The van der Waals surface area contributed by atoms with Gasteiger partial charge in [-0.3, -0.25) is 0 Å². The Morgan fingerprint density at radius 3 is 2.00 bits per heavy atom. The Labute approximate surface area is 124 Å². The third kappa shape index (κ3) is 6.99. The zero-order valence-electron chi connectivity index (χ0n) is 11.4. The van der Waals surface area contributed by atoms with Crippen LogP contribution in [0.3, 0.4) is 0 Å². The van der Waals surface area contributed by atoms with Gasteiger partial charge in [-0.25, -0.2) is 0 Å². The molecule has 2 aromatic rings. The van der Waals surface area contributed by atoms with Crippen LogP contribution in [0.1, 0.15) is 12.5 Å². The number of aryl methyl sites for hydroxylation is 1. The van der Waals surface area contributed by atoms with Gasteiger partial charge in [0.2, 0.25) is 0 Å². The number of fused-ring (bicyclic) bond motifs is 1. The molecule has 0 aromatic heterocycles. The zero-order valence-corrected chi connectivity index (χ0v) is 13.0. The molecule has 0 heterocycles. The van der Waals surface area contributed by atoms with Crippen LogP contribution in [0.15, 0.2) is 36.4 Å². The first kappa shape index (κ1) is 22.6. The maximum absolute atomic E-state index is 8.25. The summed E-state index contributed by atoms with van der Waals surface area (Å²) < 4.78 is 0. The molecule has 0 N–H and O–H groups in total. The molecule has 2 rings (SSSR count). The molecule has 0 saturated heterocycles. The van der Waals surface area contributed by atoms with Crippen molar-refractivity contribution < 1.29 is 37.0 Å². The summed E-state index contributed by atoms with van der Waals surface area (Å²) in [6.07, 6.45) is 1.13. The first-order valence-electron chi connectivity index (χ1n) is 5.27. The number of hydrogen-bond acceptors (Lipinski definition) is 3. The van der Waals surface area contributed by atoms with E-state index in [2.05, 4.69) is 43.3 Å². The van der Waals surface area contributed by atoms with Gasteiger partial charge in [0.15, 0.2) is 0 Å². The molecule has 4 heteroatoms. The van der Waals surface area contributed by atoms with E-state index < -0.39 is 0 Å². The monoisotopic (exact) mass is 284 g/mol. The Morgan fingerprint density at radius 1 is 0.944 bits per heavy atom. The van der Waals surface area contributed by atoms with Crippen LogP contribution in [-0.4, -0.2) is 21.3 Å². The number of benzene rings is 1. The summed E-state index contributed by atoms with van der Waals surface area (Å²) in [7, 11) is 2.25. The molecule has 0 saturated carbocycles. The van der Waals surface area contributed by atoms with E-state index in [1.165, 1.54) is 16.3 Å². The average molecular weight is 284 g/mol. The molecule has 98 valence electrons. The van der Waals surface area contributed by atoms with E-state index in [0.29, 0.717) is 0 Å². The molecule has 0 unspecified atom stereocenters. The minimum atomic E-state index is 0. The maximum atomic E-state index is 8.25. The first-order valence-corrected chi connectivity index (χ1v) is 5.27. The molecule has 3 nitrogen and oxygen atoms in total. The third-order valence-corrected chi connectivity index (χ3v) is 2.15. The Morgan fingerprint density at radius 2 is 1.50 bits per heavy atom. The summed E-state index contributed by atoms with van der Waals surface area (Å²) >= 11 is 0.